The fraction of sp³-hybridized carbons (Fsp3) is 0.364. The Labute approximate surface area is 114 Å². The zero-order valence-electron chi connectivity index (χ0n) is 9.89. The van der Waals surface area contributed by atoms with Crippen LogP contribution in [0.2, 0.25) is 5.02 Å². The zero-order chi connectivity index (χ0) is 13.8. The van der Waals surface area contributed by atoms with E-state index >= 15 is 0 Å². The van der Waals surface area contributed by atoms with Gasteiger partial charge in [0.1, 0.15) is 6.10 Å². The van der Waals surface area contributed by atoms with Crippen LogP contribution < -0.4 is 10.6 Å². The van der Waals surface area contributed by atoms with Gasteiger partial charge < -0.3 is 15.4 Å². The number of nitro groups is 1. The third-order valence-electron chi connectivity index (χ3n) is 2.64. The number of nitrogens with one attached hydrogen (secondary N) is 2. The van der Waals surface area contributed by atoms with Gasteiger partial charge in [0.25, 0.3) is 11.6 Å². The van der Waals surface area contributed by atoms with E-state index in [1.165, 1.54) is 18.2 Å². The van der Waals surface area contributed by atoms with Crippen LogP contribution in [-0.4, -0.2) is 36.6 Å². The molecule has 1 aliphatic rings. The molecule has 1 fully saturated rings. The minimum Gasteiger partial charge on any atom is -0.366 e. The minimum absolute atomic E-state index is 0.137. The van der Waals surface area contributed by atoms with Crippen LogP contribution in [-0.2, 0) is 9.53 Å². The number of halogens is 1. The van der Waals surface area contributed by atoms with Gasteiger partial charge in [-0.05, 0) is 6.07 Å². The topological polar surface area (TPSA) is 93.5 Å². The van der Waals surface area contributed by atoms with Crippen LogP contribution >= 0.6 is 11.6 Å². The number of amides is 1. The highest BCUT2D eigenvalue weighted by Gasteiger charge is 2.23. The molecule has 2 rings (SSSR count). The van der Waals surface area contributed by atoms with Gasteiger partial charge in [-0.3, -0.25) is 14.9 Å². The molecule has 1 heterocycles. The Kier molecular flexibility index (Phi) is 4.31. The van der Waals surface area contributed by atoms with Crippen LogP contribution in [0, 0.1) is 10.1 Å². The normalized spacial score (nSPS) is 18.9. The fourth-order valence-electron chi connectivity index (χ4n) is 1.67. The standard InChI is InChI=1S/C11H12ClN3O4/c12-8-2-1-7(15(17)18)5-9(8)14-11(16)10-6-13-3-4-19-10/h1-2,5,10,13H,3-4,6H2,(H,14,16). The molecule has 0 spiro atoms. The van der Waals surface area contributed by atoms with Gasteiger partial charge in [0.2, 0.25) is 0 Å². The van der Waals surface area contributed by atoms with Crippen molar-refractivity contribution in [1.29, 1.82) is 0 Å². The van der Waals surface area contributed by atoms with Crippen LogP contribution in [0.3, 0.4) is 0 Å². The van der Waals surface area contributed by atoms with Gasteiger partial charge in [-0.1, -0.05) is 11.6 Å². The lowest BCUT2D eigenvalue weighted by Crippen LogP contribution is -2.45. The van der Waals surface area contributed by atoms with E-state index in [4.69, 9.17) is 16.3 Å². The molecule has 0 radical (unpaired) electrons. The number of anilines is 1. The van der Waals surface area contributed by atoms with E-state index in [2.05, 4.69) is 10.6 Å². The first kappa shape index (κ1) is 13.7. The monoisotopic (exact) mass is 285 g/mol. The number of carbonyl (C=O) groups is 1. The van der Waals surface area contributed by atoms with Crippen molar-refractivity contribution in [1.82, 2.24) is 5.32 Å². The Morgan fingerprint density at radius 3 is 3.00 bits per heavy atom. The average molecular weight is 286 g/mol. The van der Waals surface area contributed by atoms with Crippen molar-refractivity contribution in [3.05, 3.63) is 33.3 Å². The Morgan fingerprint density at radius 1 is 1.58 bits per heavy atom. The van der Waals surface area contributed by atoms with Gasteiger partial charge in [0, 0.05) is 25.2 Å². The smallest absolute Gasteiger partial charge is 0.271 e. The molecule has 0 bridgehead atoms. The van der Waals surface area contributed by atoms with Crippen molar-refractivity contribution in [2.24, 2.45) is 0 Å². The Morgan fingerprint density at radius 2 is 2.37 bits per heavy atom. The molecule has 8 heteroatoms. The summed E-state index contributed by atoms with van der Waals surface area (Å²) in [5, 5.41) is 16.5. The summed E-state index contributed by atoms with van der Waals surface area (Å²) in [6, 6.07) is 3.86. The van der Waals surface area contributed by atoms with E-state index in [1.54, 1.807) is 0 Å². The van der Waals surface area contributed by atoms with Crippen molar-refractivity contribution in [2.75, 3.05) is 25.0 Å². The maximum atomic E-state index is 11.9. The largest absolute Gasteiger partial charge is 0.366 e. The molecular formula is C11H12ClN3O4. The Hall–Kier alpha value is -1.70. The summed E-state index contributed by atoms with van der Waals surface area (Å²) in [6.45, 7) is 1.54. The minimum atomic E-state index is -0.621. The predicted octanol–water partition coefficient (Wildman–Crippen LogP) is 1.18. The van der Waals surface area contributed by atoms with Crippen LogP contribution in [0.1, 0.15) is 0 Å². The van der Waals surface area contributed by atoms with Gasteiger partial charge in [-0.15, -0.1) is 0 Å². The van der Waals surface area contributed by atoms with Gasteiger partial charge in [0.15, 0.2) is 0 Å². The van der Waals surface area contributed by atoms with E-state index in [9.17, 15) is 14.9 Å². The third kappa shape index (κ3) is 3.40. The first-order valence-electron chi connectivity index (χ1n) is 5.65. The molecule has 0 saturated carbocycles. The SMILES string of the molecule is O=C(Nc1cc([N+](=O)[O-])ccc1Cl)C1CNCCO1. The summed E-state index contributed by atoms with van der Waals surface area (Å²) >= 11 is 5.89. The summed E-state index contributed by atoms with van der Waals surface area (Å²) in [5.74, 6) is -0.380. The maximum Gasteiger partial charge on any atom is 0.271 e. The van der Waals surface area contributed by atoms with Crippen LogP contribution in [0.25, 0.3) is 0 Å². The number of rotatable bonds is 3. The molecule has 7 nitrogen and oxygen atoms in total. The fourth-order valence-corrected chi connectivity index (χ4v) is 1.83. The summed E-state index contributed by atoms with van der Waals surface area (Å²) in [6.07, 6.45) is -0.621. The molecule has 0 aromatic heterocycles. The summed E-state index contributed by atoms with van der Waals surface area (Å²) in [7, 11) is 0. The van der Waals surface area contributed by atoms with Crippen molar-refractivity contribution in [3.8, 4) is 0 Å². The average Bonchev–Trinajstić information content (AvgIpc) is 2.42. The van der Waals surface area contributed by atoms with E-state index < -0.39 is 11.0 Å². The highest BCUT2D eigenvalue weighted by atomic mass is 35.5. The number of benzene rings is 1. The summed E-state index contributed by atoms with van der Waals surface area (Å²) < 4.78 is 5.28. The predicted molar refractivity (Wildman–Crippen MR) is 69.3 cm³/mol. The van der Waals surface area contributed by atoms with Gasteiger partial charge in [-0.2, -0.15) is 0 Å². The van der Waals surface area contributed by atoms with Crippen molar-refractivity contribution >= 4 is 28.9 Å². The molecule has 1 unspecified atom stereocenters. The van der Waals surface area contributed by atoms with Crippen LogP contribution in [0.5, 0.6) is 0 Å². The summed E-state index contributed by atoms with van der Waals surface area (Å²) in [4.78, 5) is 22.0. The van der Waals surface area contributed by atoms with Crippen molar-refractivity contribution < 1.29 is 14.5 Å². The molecule has 102 valence electrons. The number of ether oxygens (including phenoxy) is 1. The van der Waals surface area contributed by atoms with E-state index in [1.807, 2.05) is 0 Å². The number of hydrogen-bond acceptors (Lipinski definition) is 5. The second kappa shape index (κ2) is 5.96. The number of non-ortho nitro benzene ring substituents is 1. The molecule has 2 N–H and O–H groups in total. The van der Waals surface area contributed by atoms with E-state index in [-0.39, 0.29) is 22.3 Å². The molecule has 19 heavy (non-hydrogen) atoms. The summed E-state index contributed by atoms with van der Waals surface area (Å²) in [5.41, 5.74) is 0.0671. The quantitative estimate of drug-likeness (QED) is 0.642. The number of carbonyl (C=O) groups excluding carboxylic acids is 1. The second-order valence-corrected chi connectivity index (χ2v) is 4.38. The molecule has 1 aliphatic heterocycles. The molecule has 1 saturated heterocycles. The first-order chi connectivity index (χ1) is 9.08. The van der Waals surface area contributed by atoms with Gasteiger partial charge in [-0.25, -0.2) is 0 Å². The van der Waals surface area contributed by atoms with Gasteiger partial charge >= 0.3 is 0 Å². The van der Waals surface area contributed by atoms with E-state index in [0.717, 1.165) is 0 Å². The number of nitrogens with zero attached hydrogens (tertiary/aromatic N) is 1. The first-order valence-corrected chi connectivity index (χ1v) is 6.03. The van der Waals surface area contributed by atoms with Gasteiger partial charge in [0.05, 0.1) is 22.2 Å². The van der Waals surface area contributed by atoms with E-state index in [0.29, 0.717) is 19.7 Å². The van der Waals surface area contributed by atoms with Crippen LogP contribution in [0.4, 0.5) is 11.4 Å². The van der Waals surface area contributed by atoms with Crippen molar-refractivity contribution in [2.45, 2.75) is 6.10 Å². The lowest BCUT2D eigenvalue weighted by molar-refractivity contribution is -0.384. The zero-order valence-corrected chi connectivity index (χ0v) is 10.6. The number of nitro benzene ring substituents is 1. The number of hydrogen-bond donors (Lipinski definition) is 2. The molecule has 1 aromatic carbocycles. The number of morpholine rings is 1. The highest BCUT2D eigenvalue weighted by molar-refractivity contribution is 6.33. The molecular weight excluding hydrogens is 274 g/mol. The second-order valence-electron chi connectivity index (χ2n) is 3.97. The Bertz CT molecular complexity index is 503. The molecule has 1 aromatic rings. The van der Waals surface area contributed by atoms with Crippen molar-refractivity contribution in [3.63, 3.8) is 0 Å². The Balaban J connectivity index is 2.11. The maximum absolute atomic E-state index is 11.9. The lowest BCUT2D eigenvalue weighted by atomic mass is 10.2. The third-order valence-corrected chi connectivity index (χ3v) is 2.97. The lowest BCUT2D eigenvalue weighted by Gasteiger charge is -2.22. The molecule has 0 aliphatic carbocycles. The molecule has 1 amide bonds. The highest BCUT2D eigenvalue weighted by Crippen LogP contribution is 2.26. The molecule has 1 atom stereocenters. The van der Waals surface area contributed by atoms with Crippen LogP contribution in [0.15, 0.2) is 18.2 Å².